The summed E-state index contributed by atoms with van der Waals surface area (Å²) in [7, 11) is 4.90. The van der Waals surface area contributed by atoms with Crippen molar-refractivity contribution in [3.8, 4) is 11.5 Å². The summed E-state index contributed by atoms with van der Waals surface area (Å²) in [5, 5.41) is 0. The third kappa shape index (κ3) is 3.04. The first kappa shape index (κ1) is 13.2. The predicted octanol–water partition coefficient (Wildman–Crippen LogP) is 2.08. The van der Waals surface area contributed by atoms with Gasteiger partial charge in [0, 0.05) is 12.1 Å². The molecule has 0 aliphatic carbocycles. The van der Waals surface area contributed by atoms with Crippen LogP contribution >= 0.6 is 11.8 Å². The van der Waals surface area contributed by atoms with E-state index in [1.54, 1.807) is 33.1 Å². The standard InChI is InChI=1S/C11H17NO3S/c1-13-9-5-8(7-12-15-3)11(14-2)10(6-9)16-4/h5-6,12H,7H2,1-4H3. The van der Waals surface area contributed by atoms with Crippen molar-refractivity contribution < 1.29 is 14.3 Å². The van der Waals surface area contributed by atoms with Crippen LogP contribution in [0.3, 0.4) is 0 Å². The van der Waals surface area contributed by atoms with Gasteiger partial charge in [-0.2, -0.15) is 5.48 Å². The molecule has 0 unspecified atom stereocenters. The largest absolute Gasteiger partial charge is 0.497 e. The molecule has 0 saturated carbocycles. The van der Waals surface area contributed by atoms with Crippen LogP contribution in [0.1, 0.15) is 5.56 Å². The van der Waals surface area contributed by atoms with Gasteiger partial charge in [-0.25, -0.2) is 0 Å². The number of hydroxylamine groups is 1. The Morgan fingerprint density at radius 3 is 2.44 bits per heavy atom. The summed E-state index contributed by atoms with van der Waals surface area (Å²) in [6.45, 7) is 0.574. The molecule has 1 aromatic carbocycles. The highest BCUT2D eigenvalue weighted by Gasteiger charge is 2.11. The minimum Gasteiger partial charge on any atom is -0.497 e. The van der Waals surface area contributed by atoms with E-state index in [4.69, 9.17) is 14.3 Å². The van der Waals surface area contributed by atoms with Gasteiger partial charge in [-0.05, 0) is 18.4 Å². The minimum absolute atomic E-state index is 0.574. The fourth-order valence-electron chi connectivity index (χ4n) is 1.41. The molecule has 90 valence electrons. The summed E-state index contributed by atoms with van der Waals surface area (Å²) in [6.07, 6.45) is 2.00. The Morgan fingerprint density at radius 1 is 1.19 bits per heavy atom. The van der Waals surface area contributed by atoms with E-state index in [0.717, 1.165) is 22.0 Å². The van der Waals surface area contributed by atoms with Crippen LogP contribution in [0.15, 0.2) is 17.0 Å². The van der Waals surface area contributed by atoms with Crippen LogP contribution in [-0.4, -0.2) is 27.6 Å². The normalized spacial score (nSPS) is 10.2. The maximum atomic E-state index is 5.39. The average Bonchev–Trinajstić information content (AvgIpc) is 2.34. The summed E-state index contributed by atoms with van der Waals surface area (Å²) < 4.78 is 10.6. The SMILES string of the molecule is CONCc1cc(OC)cc(SC)c1OC. The first-order valence-electron chi connectivity index (χ1n) is 4.81. The van der Waals surface area contributed by atoms with Gasteiger partial charge in [0.1, 0.15) is 11.5 Å². The monoisotopic (exact) mass is 243 g/mol. The van der Waals surface area contributed by atoms with Gasteiger partial charge in [-0.1, -0.05) is 0 Å². The highest BCUT2D eigenvalue weighted by Crippen LogP contribution is 2.35. The molecular formula is C11H17NO3S. The van der Waals surface area contributed by atoms with E-state index in [-0.39, 0.29) is 0 Å². The lowest BCUT2D eigenvalue weighted by atomic mass is 10.2. The van der Waals surface area contributed by atoms with Crippen LogP contribution in [0.25, 0.3) is 0 Å². The molecule has 0 heterocycles. The van der Waals surface area contributed by atoms with Gasteiger partial charge in [-0.3, -0.25) is 0 Å². The Hall–Kier alpha value is -0.910. The first-order chi connectivity index (χ1) is 7.76. The lowest BCUT2D eigenvalue weighted by molar-refractivity contribution is 0.0860. The number of hydrogen-bond acceptors (Lipinski definition) is 5. The lowest BCUT2D eigenvalue weighted by Gasteiger charge is -2.14. The molecule has 4 nitrogen and oxygen atoms in total. The van der Waals surface area contributed by atoms with E-state index < -0.39 is 0 Å². The third-order valence-corrected chi connectivity index (χ3v) is 2.92. The molecule has 5 heteroatoms. The second-order valence-corrected chi connectivity index (χ2v) is 3.90. The topological polar surface area (TPSA) is 39.7 Å². The van der Waals surface area contributed by atoms with Crippen molar-refractivity contribution >= 4 is 11.8 Å². The van der Waals surface area contributed by atoms with Crippen molar-refractivity contribution in [1.29, 1.82) is 0 Å². The highest BCUT2D eigenvalue weighted by atomic mass is 32.2. The van der Waals surface area contributed by atoms with E-state index in [1.807, 2.05) is 18.4 Å². The van der Waals surface area contributed by atoms with E-state index in [2.05, 4.69) is 5.48 Å². The number of thioether (sulfide) groups is 1. The molecule has 0 atom stereocenters. The van der Waals surface area contributed by atoms with Crippen LogP contribution in [-0.2, 0) is 11.4 Å². The number of nitrogens with one attached hydrogen (secondary N) is 1. The number of ether oxygens (including phenoxy) is 2. The van der Waals surface area contributed by atoms with Crippen LogP contribution in [0, 0.1) is 0 Å². The fraction of sp³-hybridized carbons (Fsp3) is 0.455. The smallest absolute Gasteiger partial charge is 0.137 e. The number of methoxy groups -OCH3 is 2. The van der Waals surface area contributed by atoms with Gasteiger partial charge >= 0.3 is 0 Å². The Bertz CT molecular complexity index is 344. The van der Waals surface area contributed by atoms with Crippen LogP contribution in [0.4, 0.5) is 0 Å². The van der Waals surface area contributed by atoms with E-state index in [9.17, 15) is 0 Å². The molecule has 0 amide bonds. The Labute approximate surface area is 100 Å². The summed E-state index contributed by atoms with van der Waals surface area (Å²) >= 11 is 1.62. The molecule has 0 aliphatic rings. The van der Waals surface area contributed by atoms with Crippen LogP contribution < -0.4 is 15.0 Å². The number of rotatable bonds is 6. The second-order valence-electron chi connectivity index (χ2n) is 3.05. The van der Waals surface area contributed by atoms with E-state index in [0.29, 0.717) is 6.54 Å². The van der Waals surface area contributed by atoms with Gasteiger partial charge in [0.2, 0.25) is 0 Å². The lowest BCUT2D eigenvalue weighted by Crippen LogP contribution is -2.12. The average molecular weight is 243 g/mol. The highest BCUT2D eigenvalue weighted by molar-refractivity contribution is 7.98. The van der Waals surface area contributed by atoms with E-state index in [1.165, 1.54) is 0 Å². The third-order valence-electron chi connectivity index (χ3n) is 2.17. The molecule has 0 aromatic heterocycles. The minimum atomic E-state index is 0.574. The van der Waals surface area contributed by atoms with Crippen LogP contribution in [0.2, 0.25) is 0 Å². The van der Waals surface area contributed by atoms with Crippen molar-refractivity contribution in [2.45, 2.75) is 11.4 Å². The summed E-state index contributed by atoms with van der Waals surface area (Å²) in [5.74, 6) is 1.68. The van der Waals surface area contributed by atoms with Gasteiger partial charge in [0.05, 0.1) is 26.2 Å². The summed E-state index contributed by atoms with van der Waals surface area (Å²) in [5.41, 5.74) is 3.80. The molecule has 0 radical (unpaired) electrons. The van der Waals surface area contributed by atoms with Gasteiger partial charge in [0.25, 0.3) is 0 Å². The Balaban J connectivity index is 3.09. The zero-order valence-electron chi connectivity index (χ0n) is 9.99. The summed E-state index contributed by atoms with van der Waals surface area (Å²) in [4.78, 5) is 5.89. The van der Waals surface area contributed by atoms with Crippen LogP contribution in [0.5, 0.6) is 11.5 Å². The number of hydrogen-bond donors (Lipinski definition) is 1. The fourth-order valence-corrected chi connectivity index (χ4v) is 2.05. The van der Waals surface area contributed by atoms with Crippen molar-refractivity contribution in [2.75, 3.05) is 27.6 Å². The molecule has 0 bridgehead atoms. The molecule has 0 spiro atoms. The molecular weight excluding hydrogens is 226 g/mol. The quantitative estimate of drug-likeness (QED) is 0.612. The van der Waals surface area contributed by atoms with Crippen molar-refractivity contribution in [1.82, 2.24) is 5.48 Å². The molecule has 0 fully saturated rings. The second kappa shape index (κ2) is 6.62. The van der Waals surface area contributed by atoms with Gasteiger partial charge in [-0.15, -0.1) is 11.8 Å². The predicted molar refractivity (Wildman–Crippen MR) is 65.2 cm³/mol. The van der Waals surface area contributed by atoms with Crippen molar-refractivity contribution in [2.24, 2.45) is 0 Å². The van der Waals surface area contributed by atoms with Crippen molar-refractivity contribution in [3.05, 3.63) is 17.7 Å². The molecule has 0 saturated heterocycles. The molecule has 1 aromatic rings. The zero-order chi connectivity index (χ0) is 12.0. The van der Waals surface area contributed by atoms with Gasteiger partial charge < -0.3 is 14.3 Å². The first-order valence-corrected chi connectivity index (χ1v) is 6.04. The van der Waals surface area contributed by atoms with Crippen molar-refractivity contribution in [3.63, 3.8) is 0 Å². The molecule has 1 N–H and O–H groups in total. The molecule has 1 rings (SSSR count). The summed E-state index contributed by atoms with van der Waals surface area (Å²) in [6, 6.07) is 3.89. The maximum absolute atomic E-state index is 5.39. The zero-order valence-corrected chi connectivity index (χ0v) is 10.8. The van der Waals surface area contributed by atoms with E-state index >= 15 is 0 Å². The maximum Gasteiger partial charge on any atom is 0.137 e. The Kier molecular flexibility index (Phi) is 5.45. The Morgan fingerprint density at radius 2 is 1.94 bits per heavy atom. The molecule has 0 aliphatic heterocycles. The number of benzene rings is 1. The van der Waals surface area contributed by atoms with Gasteiger partial charge in [0.15, 0.2) is 0 Å². The molecule has 16 heavy (non-hydrogen) atoms.